The molecule has 0 atom stereocenters. The highest BCUT2D eigenvalue weighted by molar-refractivity contribution is 6.07. The van der Waals surface area contributed by atoms with E-state index in [-0.39, 0.29) is 5.56 Å². The van der Waals surface area contributed by atoms with E-state index in [4.69, 9.17) is 14.5 Å². The molecule has 0 fully saturated rings. The number of rotatable bonds is 6. The van der Waals surface area contributed by atoms with Gasteiger partial charge in [-0.05, 0) is 53.8 Å². The van der Waals surface area contributed by atoms with E-state index in [1.165, 1.54) is 0 Å². The lowest BCUT2D eigenvalue weighted by Crippen LogP contribution is -2.36. The number of benzene rings is 2. The molecule has 1 amide bonds. The molecule has 6 nitrogen and oxygen atoms in total. The van der Waals surface area contributed by atoms with Crippen molar-refractivity contribution >= 4 is 34.4 Å². The number of allylic oxidation sites excluding steroid dienone is 1. The maximum atomic E-state index is 13.0. The Morgan fingerprint density at radius 2 is 1.82 bits per heavy atom. The Hall–Kier alpha value is -3.88. The third-order valence-electron chi connectivity index (χ3n) is 5.42. The molecular weight excluding hydrogens is 449 g/mol. The monoisotopic (exact) mass is 470 g/mol. The average molecular weight is 470 g/mol. The topological polar surface area (TPSA) is 77.5 Å². The first-order valence-corrected chi connectivity index (χ1v) is 10.5. The van der Waals surface area contributed by atoms with E-state index >= 15 is 0 Å². The zero-order chi connectivity index (χ0) is 24.3. The first-order valence-electron chi connectivity index (χ1n) is 10.5. The Balaban J connectivity index is 1.63. The molecule has 0 radical (unpaired) electrons. The second-order valence-corrected chi connectivity index (χ2v) is 7.74. The number of methoxy groups -OCH3 is 1. The van der Waals surface area contributed by atoms with Crippen LogP contribution in [0.15, 0.2) is 48.5 Å². The van der Waals surface area contributed by atoms with Crippen molar-refractivity contribution in [3.8, 4) is 5.75 Å². The molecule has 3 aromatic rings. The number of carbonyl (C=O) groups is 2. The molecule has 176 valence electrons. The van der Waals surface area contributed by atoms with Crippen molar-refractivity contribution in [3.05, 3.63) is 70.9 Å². The van der Waals surface area contributed by atoms with Crippen LogP contribution in [-0.4, -0.2) is 43.3 Å². The summed E-state index contributed by atoms with van der Waals surface area (Å²) in [7, 11) is 1.59. The van der Waals surface area contributed by atoms with Crippen molar-refractivity contribution in [3.63, 3.8) is 0 Å². The van der Waals surface area contributed by atoms with Gasteiger partial charge in [0.25, 0.3) is 5.91 Å². The molecule has 0 saturated carbocycles. The fourth-order valence-electron chi connectivity index (χ4n) is 3.87. The molecule has 0 unspecified atom stereocenters. The molecular formula is C25H21F3N2O4. The van der Waals surface area contributed by atoms with Gasteiger partial charge in [-0.25, -0.2) is 9.78 Å². The highest BCUT2D eigenvalue weighted by atomic mass is 19.4. The molecule has 0 aliphatic heterocycles. The third-order valence-corrected chi connectivity index (χ3v) is 5.42. The number of hydrogen-bond donors (Lipinski definition) is 1. The van der Waals surface area contributed by atoms with E-state index in [0.717, 1.165) is 16.9 Å². The number of amides is 1. The fourth-order valence-corrected chi connectivity index (χ4v) is 3.87. The van der Waals surface area contributed by atoms with Gasteiger partial charge >= 0.3 is 12.1 Å². The lowest BCUT2D eigenvalue weighted by molar-refractivity contribution is -0.140. The standard InChI is InChI=1S/C25H21F3N2O4/c1-33-17-9-6-15(7-10-17)12-16-8-11-19-22(18-4-2-3-5-20(18)30-23(16)19)24(32)34-13-21(31)29-14-25(26,27)28/h2-7,9-10,12H,8,11,13-14H2,1H3,(H,29,31). The van der Waals surface area contributed by atoms with Crippen LogP contribution in [-0.2, 0) is 16.0 Å². The van der Waals surface area contributed by atoms with E-state index in [2.05, 4.69) is 0 Å². The van der Waals surface area contributed by atoms with Crippen LogP contribution in [0.5, 0.6) is 5.75 Å². The largest absolute Gasteiger partial charge is 0.497 e. The number of carbonyl (C=O) groups excluding carboxylic acids is 2. The number of ether oxygens (including phenoxy) is 2. The first-order chi connectivity index (χ1) is 16.2. The summed E-state index contributed by atoms with van der Waals surface area (Å²) in [4.78, 5) is 29.4. The zero-order valence-corrected chi connectivity index (χ0v) is 18.2. The van der Waals surface area contributed by atoms with E-state index in [1.807, 2.05) is 30.3 Å². The van der Waals surface area contributed by atoms with Crippen LogP contribution in [0.2, 0.25) is 0 Å². The van der Waals surface area contributed by atoms with E-state index < -0.39 is 31.2 Å². The van der Waals surface area contributed by atoms with Crippen LogP contribution < -0.4 is 10.1 Å². The van der Waals surface area contributed by atoms with Crippen molar-refractivity contribution < 1.29 is 32.2 Å². The quantitative estimate of drug-likeness (QED) is 0.535. The van der Waals surface area contributed by atoms with Gasteiger partial charge in [-0.15, -0.1) is 0 Å². The molecule has 0 saturated heterocycles. The number of pyridine rings is 1. The number of halogens is 3. The molecule has 1 N–H and O–H groups in total. The van der Waals surface area contributed by atoms with Gasteiger partial charge in [0.15, 0.2) is 6.61 Å². The number of hydrogen-bond acceptors (Lipinski definition) is 5. The summed E-state index contributed by atoms with van der Waals surface area (Å²) >= 11 is 0. The van der Waals surface area contributed by atoms with Gasteiger partial charge in [0.05, 0.1) is 23.9 Å². The molecule has 0 spiro atoms. The average Bonchev–Trinajstić information content (AvgIpc) is 3.21. The van der Waals surface area contributed by atoms with E-state index in [9.17, 15) is 22.8 Å². The second-order valence-electron chi connectivity index (χ2n) is 7.74. The summed E-state index contributed by atoms with van der Waals surface area (Å²) < 4.78 is 47.2. The zero-order valence-electron chi connectivity index (χ0n) is 18.2. The molecule has 1 heterocycles. The number of alkyl halides is 3. The Labute approximate surface area is 193 Å². The molecule has 9 heteroatoms. The predicted molar refractivity (Wildman–Crippen MR) is 120 cm³/mol. The van der Waals surface area contributed by atoms with Gasteiger partial charge in [-0.1, -0.05) is 30.3 Å². The van der Waals surface area contributed by atoms with E-state index in [1.54, 1.807) is 36.7 Å². The molecule has 0 bridgehead atoms. The van der Waals surface area contributed by atoms with Crippen molar-refractivity contribution in [2.45, 2.75) is 19.0 Å². The number of fused-ring (bicyclic) bond motifs is 2. The van der Waals surface area contributed by atoms with Crippen molar-refractivity contribution in [2.75, 3.05) is 20.3 Å². The Bertz CT molecular complexity index is 1270. The minimum absolute atomic E-state index is 0.280. The van der Waals surface area contributed by atoms with Gasteiger partial charge < -0.3 is 14.8 Å². The van der Waals surface area contributed by atoms with Gasteiger partial charge in [0.1, 0.15) is 12.3 Å². The van der Waals surface area contributed by atoms with Gasteiger partial charge in [-0.2, -0.15) is 13.2 Å². The van der Waals surface area contributed by atoms with Crippen LogP contribution >= 0.6 is 0 Å². The summed E-state index contributed by atoms with van der Waals surface area (Å²) in [6, 6.07) is 14.6. The second kappa shape index (κ2) is 9.54. The molecule has 1 aliphatic carbocycles. The number of nitrogens with one attached hydrogen (secondary N) is 1. The summed E-state index contributed by atoms with van der Waals surface area (Å²) in [6.07, 6.45) is -1.36. The fraction of sp³-hybridized carbons (Fsp3) is 0.240. The first kappa shape index (κ1) is 23.3. The lowest BCUT2D eigenvalue weighted by atomic mass is 10.0. The van der Waals surface area contributed by atoms with Gasteiger partial charge in [0.2, 0.25) is 0 Å². The van der Waals surface area contributed by atoms with Crippen LogP contribution in [0, 0.1) is 0 Å². The summed E-state index contributed by atoms with van der Waals surface area (Å²) in [5.41, 5.74) is 4.12. The van der Waals surface area contributed by atoms with Crippen molar-refractivity contribution in [2.24, 2.45) is 0 Å². The molecule has 1 aliphatic rings. The van der Waals surface area contributed by atoms with Crippen molar-refractivity contribution in [1.82, 2.24) is 10.3 Å². The summed E-state index contributed by atoms with van der Waals surface area (Å²) in [5.74, 6) is -1.06. The normalized spacial score (nSPS) is 14.2. The van der Waals surface area contributed by atoms with Crippen LogP contribution in [0.3, 0.4) is 0 Å². The number of para-hydroxylation sites is 1. The minimum Gasteiger partial charge on any atom is -0.497 e. The smallest absolute Gasteiger partial charge is 0.405 e. The Kier molecular flexibility index (Phi) is 6.54. The summed E-state index contributed by atoms with van der Waals surface area (Å²) in [5, 5.41) is 2.25. The lowest BCUT2D eigenvalue weighted by Gasteiger charge is -2.13. The van der Waals surface area contributed by atoms with Crippen LogP contribution in [0.25, 0.3) is 22.6 Å². The molecule has 1 aromatic heterocycles. The number of esters is 1. The number of nitrogens with zero attached hydrogens (tertiary/aromatic N) is 1. The third kappa shape index (κ3) is 5.19. The Morgan fingerprint density at radius 1 is 1.09 bits per heavy atom. The van der Waals surface area contributed by atoms with E-state index in [0.29, 0.717) is 35.0 Å². The predicted octanol–water partition coefficient (Wildman–Crippen LogP) is 4.57. The molecule has 2 aromatic carbocycles. The highest BCUT2D eigenvalue weighted by Crippen LogP contribution is 2.38. The minimum atomic E-state index is -4.55. The maximum absolute atomic E-state index is 13.0. The summed E-state index contributed by atoms with van der Waals surface area (Å²) in [6.45, 7) is -2.30. The number of aromatic nitrogens is 1. The van der Waals surface area contributed by atoms with Gasteiger partial charge in [-0.3, -0.25) is 4.79 Å². The maximum Gasteiger partial charge on any atom is 0.405 e. The highest BCUT2D eigenvalue weighted by Gasteiger charge is 2.29. The van der Waals surface area contributed by atoms with Crippen LogP contribution in [0.4, 0.5) is 13.2 Å². The Morgan fingerprint density at radius 3 is 2.53 bits per heavy atom. The molecule has 34 heavy (non-hydrogen) atoms. The molecule has 4 rings (SSSR count). The SMILES string of the molecule is COc1ccc(C=C2CCc3c2nc2ccccc2c3C(=O)OCC(=O)NCC(F)(F)F)cc1. The van der Waals surface area contributed by atoms with Crippen molar-refractivity contribution in [1.29, 1.82) is 0 Å². The van der Waals surface area contributed by atoms with Crippen LogP contribution in [0.1, 0.15) is 33.6 Å². The van der Waals surface area contributed by atoms with Gasteiger partial charge in [0, 0.05) is 5.39 Å².